The Kier molecular flexibility index (Phi) is 6.40. The fraction of sp³-hybridized carbons (Fsp3) is 0.235. The number of hydrogen-bond acceptors (Lipinski definition) is 3. The fourth-order valence-corrected chi connectivity index (χ4v) is 2.62. The quantitative estimate of drug-likeness (QED) is 0.576. The summed E-state index contributed by atoms with van der Waals surface area (Å²) < 4.78 is 37.7. The van der Waals surface area contributed by atoms with Gasteiger partial charge in [-0.2, -0.15) is 13.2 Å². The number of amides is 1. The average Bonchev–Trinajstić information content (AvgIpc) is 2.55. The maximum Gasteiger partial charge on any atom is 0.416 e. The molecule has 144 valence electrons. The molecule has 0 heterocycles. The van der Waals surface area contributed by atoms with Crippen LogP contribution in [0.2, 0.25) is 5.02 Å². The predicted molar refractivity (Wildman–Crippen MR) is 93.6 cm³/mol. The smallest absolute Gasteiger partial charge is 0.326 e. The van der Waals surface area contributed by atoms with Crippen LogP contribution in [0.4, 0.5) is 24.5 Å². The third-order valence-electron chi connectivity index (χ3n) is 3.68. The van der Waals surface area contributed by atoms with Crippen LogP contribution >= 0.6 is 11.6 Å². The highest BCUT2D eigenvalue weighted by atomic mass is 35.5. The van der Waals surface area contributed by atoms with E-state index in [4.69, 9.17) is 11.6 Å². The van der Waals surface area contributed by atoms with E-state index < -0.39 is 22.6 Å². The number of likely N-dealkylation sites (N-methyl/N-ethyl adjacent to an activating group) is 1. The Hall–Kier alpha value is -2.65. The molecule has 0 spiro atoms. The van der Waals surface area contributed by atoms with Gasteiger partial charge < -0.3 is 10.2 Å². The Balaban J connectivity index is 1.97. The lowest BCUT2D eigenvalue weighted by atomic mass is 10.1. The number of quaternary nitrogens is 1. The van der Waals surface area contributed by atoms with Crippen LogP contribution < -0.4 is 10.2 Å². The first-order valence-electron chi connectivity index (χ1n) is 7.77. The molecule has 1 atom stereocenters. The van der Waals surface area contributed by atoms with E-state index in [1.165, 1.54) is 24.3 Å². The molecule has 0 radical (unpaired) electrons. The van der Waals surface area contributed by atoms with Gasteiger partial charge in [0.2, 0.25) is 0 Å². The second kappa shape index (κ2) is 8.36. The summed E-state index contributed by atoms with van der Waals surface area (Å²) in [5, 5.41) is 13.7. The minimum Gasteiger partial charge on any atom is -0.326 e. The van der Waals surface area contributed by atoms with Crippen molar-refractivity contribution in [1.29, 1.82) is 0 Å². The molecular weight excluding hydrogens is 387 g/mol. The second-order valence-electron chi connectivity index (χ2n) is 5.97. The predicted octanol–water partition coefficient (Wildman–Crippen LogP) is 2.92. The maximum atomic E-state index is 12.6. The van der Waals surface area contributed by atoms with Gasteiger partial charge in [-0.25, -0.2) is 0 Å². The number of carbonyl (C=O) groups is 1. The molecule has 2 aromatic rings. The number of nitro groups is 1. The zero-order valence-electron chi connectivity index (χ0n) is 14.1. The maximum absolute atomic E-state index is 12.6. The summed E-state index contributed by atoms with van der Waals surface area (Å²) in [6.45, 7) is 0.287. The monoisotopic (exact) mass is 402 g/mol. The van der Waals surface area contributed by atoms with Gasteiger partial charge in [-0.1, -0.05) is 23.7 Å². The third kappa shape index (κ3) is 5.93. The van der Waals surface area contributed by atoms with Crippen molar-refractivity contribution in [1.82, 2.24) is 0 Å². The van der Waals surface area contributed by atoms with E-state index in [1.807, 2.05) is 0 Å². The first kappa shape index (κ1) is 20.7. The summed E-state index contributed by atoms with van der Waals surface area (Å²) in [5.41, 5.74) is -0.407. The Morgan fingerprint density at radius 2 is 1.85 bits per heavy atom. The summed E-state index contributed by atoms with van der Waals surface area (Å²) in [6.07, 6.45) is -4.40. The van der Waals surface area contributed by atoms with E-state index in [1.54, 1.807) is 7.05 Å². The first-order valence-corrected chi connectivity index (χ1v) is 8.15. The van der Waals surface area contributed by atoms with E-state index >= 15 is 0 Å². The summed E-state index contributed by atoms with van der Waals surface area (Å²) in [6, 6.07) is 8.57. The molecule has 0 fully saturated rings. The molecule has 2 N–H and O–H groups in total. The van der Waals surface area contributed by atoms with Crippen LogP contribution in [-0.4, -0.2) is 24.4 Å². The highest BCUT2D eigenvalue weighted by Crippen LogP contribution is 2.29. The molecule has 0 saturated heterocycles. The van der Waals surface area contributed by atoms with Crippen molar-refractivity contribution in [2.75, 3.05) is 18.9 Å². The largest absolute Gasteiger partial charge is 0.416 e. The van der Waals surface area contributed by atoms with Gasteiger partial charge in [0.05, 0.1) is 17.5 Å². The number of benzene rings is 2. The number of nitrogens with one attached hydrogen (secondary N) is 2. The van der Waals surface area contributed by atoms with Crippen molar-refractivity contribution in [3.8, 4) is 0 Å². The lowest BCUT2D eigenvalue weighted by molar-refractivity contribution is -0.885. The molecule has 1 unspecified atom stereocenters. The van der Waals surface area contributed by atoms with Crippen molar-refractivity contribution in [3.05, 3.63) is 68.7 Å². The van der Waals surface area contributed by atoms with Crippen LogP contribution in [0, 0.1) is 10.1 Å². The number of halogens is 4. The number of nitrogens with zero attached hydrogens (tertiary/aromatic N) is 1. The van der Waals surface area contributed by atoms with Crippen molar-refractivity contribution >= 4 is 28.9 Å². The van der Waals surface area contributed by atoms with E-state index in [2.05, 4.69) is 5.32 Å². The molecule has 0 aromatic heterocycles. The molecule has 0 aliphatic carbocycles. The molecule has 0 bridgehead atoms. The van der Waals surface area contributed by atoms with Gasteiger partial charge in [-0.3, -0.25) is 14.9 Å². The topological polar surface area (TPSA) is 76.7 Å². The molecule has 6 nitrogen and oxygen atoms in total. The first-order chi connectivity index (χ1) is 12.6. The standard InChI is InChI=1S/C17H15ClF3N3O3/c1-23(9-11-2-4-12(5-3-11)17(19,20)21)10-16(25)22-14-7-6-13(18)8-15(14)24(26)27/h2-8H,9-10H2,1H3,(H,22,25)/p+1. The highest BCUT2D eigenvalue weighted by Gasteiger charge is 2.30. The van der Waals surface area contributed by atoms with Crippen molar-refractivity contribution < 1.29 is 27.8 Å². The Morgan fingerprint density at radius 3 is 2.41 bits per heavy atom. The van der Waals surface area contributed by atoms with Crippen LogP contribution in [-0.2, 0) is 17.5 Å². The SMILES string of the molecule is C[NH+](CC(=O)Nc1ccc(Cl)cc1[N+](=O)[O-])Cc1ccc(C(F)(F)F)cc1. The van der Waals surface area contributed by atoms with E-state index in [0.717, 1.165) is 18.2 Å². The average molecular weight is 403 g/mol. The normalized spacial score (nSPS) is 12.5. The molecule has 2 aromatic carbocycles. The molecular formula is C17H16ClF3N3O3+. The highest BCUT2D eigenvalue weighted by molar-refractivity contribution is 6.31. The second-order valence-corrected chi connectivity index (χ2v) is 6.41. The van der Waals surface area contributed by atoms with Gasteiger partial charge >= 0.3 is 6.18 Å². The lowest BCUT2D eigenvalue weighted by Gasteiger charge is -2.14. The minimum atomic E-state index is -4.40. The number of alkyl halides is 3. The van der Waals surface area contributed by atoms with Gasteiger partial charge in [0, 0.05) is 16.7 Å². The van der Waals surface area contributed by atoms with Crippen LogP contribution in [0.25, 0.3) is 0 Å². The van der Waals surface area contributed by atoms with Crippen molar-refractivity contribution in [2.24, 2.45) is 0 Å². The van der Waals surface area contributed by atoms with Crippen LogP contribution in [0.5, 0.6) is 0 Å². The van der Waals surface area contributed by atoms with Gasteiger partial charge in [0.15, 0.2) is 6.54 Å². The van der Waals surface area contributed by atoms with Gasteiger partial charge in [-0.05, 0) is 24.3 Å². The summed E-state index contributed by atoms with van der Waals surface area (Å²) in [7, 11) is 1.69. The van der Waals surface area contributed by atoms with Gasteiger partial charge in [0.1, 0.15) is 12.2 Å². The molecule has 27 heavy (non-hydrogen) atoms. The van der Waals surface area contributed by atoms with E-state index in [-0.39, 0.29) is 22.9 Å². The Bertz CT molecular complexity index is 842. The van der Waals surface area contributed by atoms with Gasteiger partial charge in [0.25, 0.3) is 11.6 Å². The number of anilines is 1. The molecule has 1 amide bonds. The van der Waals surface area contributed by atoms with Gasteiger partial charge in [-0.15, -0.1) is 0 Å². The minimum absolute atomic E-state index is 0.0248. The Morgan fingerprint density at radius 1 is 1.22 bits per heavy atom. The molecule has 0 saturated carbocycles. The fourth-order valence-electron chi connectivity index (χ4n) is 2.45. The third-order valence-corrected chi connectivity index (χ3v) is 3.92. The van der Waals surface area contributed by atoms with E-state index in [0.29, 0.717) is 17.0 Å². The number of rotatable bonds is 6. The lowest BCUT2D eigenvalue weighted by Crippen LogP contribution is -3.08. The zero-order valence-corrected chi connectivity index (χ0v) is 14.9. The van der Waals surface area contributed by atoms with Crippen LogP contribution in [0.15, 0.2) is 42.5 Å². The van der Waals surface area contributed by atoms with Crippen molar-refractivity contribution in [2.45, 2.75) is 12.7 Å². The molecule has 10 heteroatoms. The van der Waals surface area contributed by atoms with E-state index in [9.17, 15) is 28.1 Å². The van der Waals surface area contributed by atoms with Crippen molar-refractivity contribution in [3.63, 3.8) is 0 Å². The zero-order chi connectivity index (χ0) is 20.2. The molecule has 0 aliphatic rings. The summed E-state index contributed by atoms with van der Waals surface area (Å²) in [5.74, 6) is -0.468. The van der Waals surface area contributed by atoms with Crippen LogP contribution in [0.3, 0.4) is 0 Å². The summed E-state index contributed by atoms with van der Waals surface area (Å²) in [4.78, 5) is 23.2. The Labute approximate surface area is 157 Å². The molecule has 0 aliphatic heterocycles. The number of nitro benzene ring substituents is 1. The van der Waals surface area contributed by atoms with Crippen LogP contribution in [0.1, 0.15) is 11.1 Å². The summed E-state index contributed by atoms with van der Waals surface area (Å²) >= 11 is 5.72. The number of carbonyl (C=O) groups excluding carboxylic acids is 1. The molecule has 2 rings (SSSR count). The number of hydrogen-bond donors (Lipinski definition) is 2.